The Morgan fingerprint density at radius 3 is 2.90 bits per heavy atom. The molecule has 0 aliphatic heterocycles. The van der Waals surface area contributed by atoms with Crippen LogP contribution in [0.5, 0.6) is 0 Å². The van der Waals surface area contributed by atoms with Gasteiger partial charge in [0.15, 0.2) is 0 Å². The zero-order chi connectivity index (χ0) is 13.9. The zero-order valence-electron chi connectivity index (χ0n) is 11.5. The van der Waals surface area contributed by atoms with E-state index in [9.17, 15) is 4.79 Å². The van der Waals surface area contributed by atoms with Crippen molar-refractivity contribution in [3.05, 3.63) is 51.7 Å². The molecule has 0 saturated carbocycles. The Labute approximate surface area is 117 Å². The number of aromatic nitrogens is 3. The molecule has 3 rings (SSSR count). The van der Waals surface area contributed by atoms with Crippen LogP contribution in [0.2, 0.25) is 0 Å². The van der Waals surface area contributed by atoms with Crippen molar-refractivity contribution >= 4 is 5.95 Å². The quantitative estimate of drug-likeness (QED) is 0.890. The van der Waals surface area contributed by atoms with Gasteiger partial charge in [-0.05, 0) is 36.8 Å². The molecule has 2 heterocycles. The van der Waals surface area contributed by atoms with Crippen LogP contribution in [0.15, 0.2) is 29.3 Å². The Morgan fingerprint density at radius 1 is 1.35 bits per heavy atom. The molecule has 1 aliphatic rings. The summed E-state index contributed by atoms with van der Waals surface area (Å²) < 4.78 is 0. The van der Waals surface area contributed by atoms with Crippen molar-refractivity contribution < 1.29 is 0 Å². The van der Waals surface area contributed by atoms with Crippen molar-refractivity contribution in [3.8, 4) is 0 Å². The highest BCUT2D eigenvalue weighted by atomic mass is 16.1. The third kappa shape index (κ3) is 2.71. The molecule has 0 amide bonds. The summed E-state index contributed by atoms with van der Waals surface area (Å²) in [4.78, 5) is 22.9. The van der Waals surface area contributed by atoms with Gasteiger partial charge in [0, 0.05) is 30.2 Å². The van der Waals surface area contributed by atoms with Gasteiger partial charge in [0.25, 0.3) is 0 Å². The predicted octanol–water partition coefficient (Wildman–Crippen LogP) is 1.70. The molecule has 0 bridgehead atoms. The molecule has 20 heavy (non-hydrogen) atoms. The molecule has 2 aromatic rings. The van der Waals surface area contributed by atoms with Gasteiger partial charge in [-0.1, -0.05) is 13.0 Å². The van der Waals surface area contributed by atoms with Crippen LogP contribution in [0.25, 0.3) is 0 Å². The lowest BCUT2D eigenvalue weighted by molar-refractivity contribution is 0.593. The zero-order valence-corrected chi connectivity index (χ0v) is 11.5. The normalized spacial score (nSPS) is 17.6. The van der Waals surface area contributed by atoms with Crippen LogP contribution in [0.1, 0.15) is 30.2 Å². The summed E-state index contributed by atoms with van der Waals surface area (Å²) in [5.41, 5.74) is 3.40. The topological polar surface area (TPSA) is 70.7 Å². The van der Waals surface area contributed by atoms with Crippen molar-refractivity contribution in [1.82, 2.24) is 15.0 Å². The van der Waals surface area contributed by atoms with E-state index in [0.717, 1.165) is 36.9 Å². The van der Waals surface area contributed by atoms with E-state index in [2.05, 4.69) is 27.2 Å². The van der Waals surface area contributed by atoms with Gasteiger partial charge in [-0.25, -0.2) is 9.97 Å². The highest BCUT2D eigenvalue weighted by molar-refractivity contribution is 5.31. The first kappa shape index (κ1) is 12.8. The van der Waals surface area contributed by atoms with Gasteiger partial charge in [-0.2, -0.15) is 0 Å². The van der Waals surface area contributed by atoms with E-state index >= 15 is 0 Å². The fourth-order valence-electron chi connectivity index (χ4n) is 2.57. The number of pyridine rings is 1. The molecule has 0 spiro atoms. The molecule has 0 saturated heterocycles. The van der Waals surface area contributed by atoms with E-state index < -0.39 is 0 Å². The van der Waals surface area contributed by atoms with Crippen molar-refractivity contribution in [1.29, 1.82) is 0 Å². The minimum Gasteiger partial charge on any atom is -0.351 e. The molecule has 5 nitrogen and oxygen atoms in total. The van der Waals surface area contributed by atoms with Gasteiger partial charge >= 0.3 is 0 Å². The Morgan fingerprint density at radius 2 is 2.15 bits per heavy atom. The third-order valence-electron chi connectivity index (χ3n) is 3.75. The molecule has 0 fully saturated rings. The smallest absolute Gasteiger partial charge is 0.248 e. The molecule has 0 aromatic carbocycles. The fraction of sp³-hybridized carbons (Fsp3) is 0.400. The number of nitrogens with zero attached hydrogens (tertiary/aromatic N) is 2. The average Bonchev–Trinajstić information content (AvgIpc) is 2.48. The van der Waals surface area contributed by atoms with Crippen molar-refractivity contribution in [2.24, 2.45) is 0 Å². The summed E-state index contributed by atoms with van der Waals surface area (Å²) in [5, 5.41) is 3.37. The number of fused-ring (bicyclic) bond motifs is 1. The largest absolute Gasteiger partial charge is 0.351 e. The standard InChI is InChI=1S/C15H18N4O/c1-2-10-8-16-15(17-9-10)18-12-4-5-13-11(7-12)3-6-14(20)19-13/h3,6,8-9,12H,2,4-5,7H2,1H3,(H,19,20)(H,16,17,18)/t12-/m1/s1. The maximum Gasteiger partial charge on any atom is 0.248 e. The molecule has 5 heteroatoms. The summed E-state index contributed by atoms with van der Waals surface area (Å²) in [6.45, 7) is 2.09. The molecular weight excluding hydrogens is 252 g/mol. The number of H-pyrrole nitrogens is 1. The van der Waals surface area contributed by atoms with Crippen LogP contribution in [-0.2, 0) is 19.3 Å². The highest BCUT2D eigenvalue weighted by Crippen LogP contribution is 2.20. The summed E-state index contributed by atoms with van der Waals surface area (Å²) in [6.07, 6.45) is 7.44. The lowest BCUT2D eigenvalue weighted by Crippen LogP contribution is -2.29. The maximum absolute atomic E-state index is 11.3. The van der Waals surface area contributed by atoms with Crippen molar-refractivity contribution in [2.45, 2.75) is 38.6 Å². The second-order valence-corrected chi connectivity index (χ2v) is 5.18. The summed E-state index contributed by atoms with van der Waals surface area (Å²) in [6, 6.07) is 3.83. The van der Waals surface area contributed by atoms with Gasteiger partial charge in [-0.15, -0.1) is 0 Å². The third-order valence-corrected chi connectivity index (χ3v) is 3.75. The van der Waals surface area contributed by atoms with Gasteiger partial charge < -0.3 is 10.3 Å². The van der Waals surface area contributed by atoms with E-state index in [0.29, 0.717) is 12.0 Å². The number of hydrogen-bond acceptors (Lipinski definition) is 4. The van der Waals surface area contributed by atoms with Gasteiger partial charge in [0.1, 0.15) is 0 Å². The summed E-state index contributed by atoms with van der Waals surface area (Å²) >= 11 is 0. The Hall–Kier alpha value is -2.17. The van der Waals surface area contributed by atoms with Gasteiger partial charge in [-0.3, -0.25) is 4.79 Å². The van der Waals surface area contributed by atoms with Gasteiger partial charge in [0.2, 0.25) is 11.5 Å². The van der Waals surface area contributed by atoms with E-state index in [1.54, 1.807) is 6.07 Å². The van der Waals surface area contributed by atoms with Crippen LogP contribution in [0.3, 0.4) is 0 Å². The van der Waals surface area contributed by atoms with Crippen LogP contribution in [0.4, 0.5) is 5.95 Å². The van der Waals surface area contributed by atoms with Crippen LogP contribution >= 0.6 is 0 Å². The number of nitrogens with one attached hydrogen (secondary N) is 2. The van der Waals surface area contributed by atoms with E-state index in [-0.39, 0.29) is 5.56 Å². The molecule has 1 aliphatic carbocycles. The molecule has 0 radical (unpaired) electrons. The highest BCUT2D eigenvalue weighted by Gasteiger charge is 2.19. The lowest BCUT2D eigenvalue weighted by atomic mass is 9.92. The first-order chi connectivity index (χ1) is 9.74. The number of aromatic amines is 1. The van der Waals surface area contributed by atoms with E-state index in [4.69, 9.17) is 0 Å². The van der Waals surface area contributed by atoms with Crippen molar-refractivity contribution in [3.63, 3.8) is 0 Å². The van der Waals surface area contributed by atoms with Crippen LogP contribution in [-0.4, -0.2) is 21.0 Å². The molecule has 2 N–H and O–H groups in total. The number of anilines is 1. The summed E-state index contributed by atoms with van der Waals surface area (Å²) in [7, 11) is 0. The lowest BCUT2D eigenvalue weighted by Gasteiger charge is -2.25. The minimum atomic E-state index is -0.0198. The number of hydrogen-bond donors (Lipinski definition) is 2. The van der Waals surface area contributed by atoms with Crippen LogP contribution < -0.4 is 10.9 Å². The predicted molar refractivity (Wildman–Crippen MR) is 77.9 cm³/mol. The van der Waals surface area contributed by atoms with E-state index in [1.807, 2.05) is 18.5 Å². The number of aryl methyl sites for hydroxylation is 2. The van der Waals surface area contributed by atoms with Crippen LogP contribution in [0, 0.1) is 0 Å². The summed E-state index contributed by atoms with van der Waals surface area (Å²) in [5.74, 6) is 0.681. The Balaban J connectivity index is 1.70. The van der Waals surface area contributed by atoms with Crippen molar-refractivity contribution in [2.75, 3.05) is 5.32 Å². The Kier molecular flexibility index (Phi) is 3.50. The minimum absolute atomic E-state index is 0.0198. The molecule has 0 unspecified atom stereocenters. The molecular formula is C15H18N4O. The fourth-order valence-corrected chi connectivity index (χ4v) is 2.57. The second-order valence-electron chi connectivity index (χ2n) is 5.18. The Bertz CT molecular complexity index is 648. The molecule has 2 aromatic heterocycles. The second kappa shape index (κ2) is 5.45. The first-order valence-electron chi connectivity index (χ1n) is 7.03. The average molecular weight is 270 g/mol. The molecule has 104 valence electrons. The number of rotatable bonds is 3. The first-order valence-corrected chi connectivity index (χ1v) is 7.03. The monoisotopic (exact) mass is 270 g/mol. The van der Waals surface area contributed by atoms with Gasteiger partial charge in [0.05, 0.1) is 0 Å². The molecule has 1 atom stereocenters. The maximum atomic E-state index is 11.3. The van der Waals surface area contributed by atoms with E-state index in [1.165, 1.54) is 5.56 Å². The SMILES string of the molecule is CCc1cnc(N[C@@H]2CCc3[nH]c(=O)ccc3C2)nc1.